The summed E-state index contributed by atoms with van der Waals surface area (Å²) < 4.78 is 13.7. The normalized spacial score (nSPS) is 28.4. The Balaban J connectivity index is 1.80. The summed E-state index contributed by atoms with van der Waals surface area (Å²) in [4.78, 5) is 10.9. The van der Waals surface area contributed by atoms with Crippen molar-refractivity contribution in [2.45, 2.75) is 50.2 Å². The molecule has 4 heteroatoms. The molecule has 2 saturated carbocycles. The minimum Gasteiger partial charge on any atom is -0.354 e. The van der Waals surface area contributed by atoms with Gasteiger partial charge in [0.05, 0.1) is 6.04 Å². The average molecular weight is 235 g/mol. The third-order valence-corrected chi connectivity index (χ3v) is 3.86. The molecule has 1 heterocycles. The SMILES string of the molecule is CN(c1ccnc(C2CC2)n1)C1CCCC1F. The first kappa shape index (κ1) is 10.9. The van der Waals surface area contributed by atoms with Gasteiger partial charge in [-0.2, -0.15) is 0 Å². The zero-order valence-electron chi connectivity index (χ0n) is 10.1. The predicted octanol–water partition coefficient (Wildman–Crippen LogP) is 2.68. The molecule has 0 spiro atoms. The zero-order valence-corrected chi connectivity index (χ0v) is 10.1. The van der Waals surface area contributed by atoms with Crippen LogP contribution in [0.3, 0.4) is 0 Å². The monoisotopic (exact) mass is 235 g/mol. The van der Waals surface area contributed by atoms with Crippen LogP contribution in [0.4, 0.5) is 10.2 Å². The quantitative estimate of drug-likeness (QED) is 0.806. The van der Waals surface area contributed by atoms with E-state index in [0.29, 0.717) is 12.3 Å². The number of aromatic nitrogens is 2. The van der Waals surface area contributed by atoms with Crippen LogP contribution in [0.2, 0.25) is 0 Å². The maximum absolute atomic E-state index is 13.7. The molecule has 3 rings (SSSR count). The molecule has 2 aliphatic carbocycles. The highest BCUT2D eigenvalue weighted by Crippen LogP contribution is 2.38. The maximum atomic E-state index is 13.7. The van der Waals surface area contributed by atoms with Crippen LogP contribution in [0.15, 0.2) is 12.3 Å². The number of alkyl halides is 1. The van der Waals surface area contributed by atoms with Crippen LogP contribution in [0.1, 0.15) is 43.8 Å². The van der Waals surface area contributed by atoms with E-state index in [9.17, 15) is 4.39 Å². The molecular weight excluding hydrogens is 217 g/mol. The molecular formula is C13H18FN3. The Bertz CT molecular complexity index is 405. The number of hydrogen-bond donors (Lipinski definition) is 0. The largest absolute Gasteiger partial charge is 0.354 e. The second kappa shape index (κ2) is 4.24. The minimum atomic E-state index is -0.709. The molecule has 92 valence electrons. The van der Waals surface area contributed by atoms with E-state index in [2.05, 4.69) is 9.97 Å². The van der Waals surface area contributed by atoms with E-state index >= 15 is 0 Å². The summed E-state index contributed by atoms with van der Waals surface area (Å²) in [7, 11) is 1.95. The summed E-state index contributed by atoms with van der Waals surface area (Å²) in [6, 6.07) is 1.88. The van der Waals surface area contributed by atoms with Crippen molar-refractivity contribution < 1.29 is 4.39 Å². The van der Waals surface area contributed by atoms with Crippen LogP contribution < -0.4 is 4.90 Å². The van der Waals surface area contributed by atoms with Crippen LogP contribution in [-0.2, 0) is 0 Å². The molecule has 17 heavy (non-hydrogen) atoms. The van der Waals surface area contributed by atoms with Crippen molar-refractivity contribution in [1.82, 2.24) is 9.97 Å². The number of anilines is 1. The van der Waals surface area contributed by atoms with Crippen molar-refractivity contribution in [2.75, 3.05) is 11.9 Å². The standard InChI is InChI=1S/C13H18FN3/c1-17(11-4-2-3-10(11)14)12-7-8-15-13(16-12)9-5-6-9/h7-11H,2-6H2,1H3. The molecule has 0 radical (unpaired) electrons. The highest BCUT2D eigenvalue weighted by atomic mass is 19.1. The van der Waals surface area contributed by atoms with Crippen LogP contribution in [-0.4, -0.2) is 29.2 Å². The maximum Gasteiger partial charge on any atom is 0.133 e. The van der Waals surface area contributed by atoms with Crippen LogP contribution in [0, 0.1) is 0 Å². The fourth-order valence-electron chi connectivity index (χ4n) is 2.60. The van der Waals surface area contributed by atoms with E-state index in [1.165, 1.54) is 12.8 Å². The van der Waals surface area contributed by atoms with Gasteiger partial charge in [0.2, 0.25) is 0 Å². The Kier molecular flexibility index (Phi) is 2.73. The number of halogens is 1. The first-order valence-electron chi connectivity index (χ1n) is 6.45. The third kappa shape index (κ3) is 2.13. The summed E-state index contributed by atoms with van der Waals surface area (Å²) >= 11 is 0. The molecule has 0 bridgehead atoms. The van der Waals surface area contributed by atoms with E-state index in [-0.39, 0.29) is 6.04 Å². The molecule has 2 unspecified atom stereocenters. The molecule has 1 aromatic heterocycles. The topological polar surface area (TPSA) is 29.0 Å². The van der Waals surface area contributed by atoms with Gasteiger partial charge in [-0.3, -0.25) is 0 Å². The lowest BCUT2D eigenvalue weighted by molar-refractivity contribution is 0.306. The average Bonchev–Trinajstić information content (AvgIpc) is 3.12. The van der Waals surface area contributed by atoms with E-state index in [4.69, 9.17) is 0 Å². The summed E-state index contributed by atoms with van der Waals surface area (Å²) in [5.41, 5.74) is 0. The van der Waals surface area contributed by atoms with Gasteiger partial charge in [-0.15, -0.1) is 0 Å². The van der Waals surface area contributed by atoms with Gasteiger partial charge in [0.15, 0.2) is 0 Å². The lowest BCUT2D eigenvalue weighted by Crippen LogP contribution is -2.36. The van der Waals surface area contributed by atoms with Gasteiger partial charge in [-0.1, -0.05) is 0 Å². The summed E-state index contributed by atoms with van der Waals surface area (Å²) in [5, 5.41) is 0. The van der Waals surface area contributed by atoms with Crippen LogP contribution in [0.25, 0.3) is 0 Å². The summed E-state index contributed by atoms with van der Waals surface area (Å²) in [5.74, 6) is 2.35. The lowest BCUT2D eigenvalue weighted by atomic mass is 10.2. The lowest BCUT2D eigenvalue weighted by Gasteiger charge is -2.27. The minimum absolute atomic E-state index is 0.00282. The zero-order chi connectivity index (χ0) is 11.8. The van der Waals surface area contributed by atoms with Crippen LogP contribution in [0.5, 0.6) is 0 Å². The van der Waals surface area contributed by atoms with E-state index in [0.717, 1.165) is 24.5 Å². The Morgan fingerprint density at radius 3 is 2.76 bits per heavy atom. The molecule has 0 aromatic carbocycles. The Hall–Kier alpha value is -1.19. The second-order valence-electron chi connectivity index (χ2n) is 5.17. The highest BCUT2D eigenvalue weighted by molar-refractivity contribution is 5.39. The molecule has 1 aromatic rings. The predicted molar refractivity (Wildman–Crippen MR) is 64.9 cm³/mol. The summed E-state index contributed by atoms with van der Waals surface area (Å²) in [6.07, 6.45) is 6.09. The van der Waals surface area contributed by atoms with Gasteiger partial charge in [-0.25, -0.2) is 14.4 Å². The van der Waals surface area contributed by atoms with Gasteiger partial charge in [0.25, 0.3) is 0 Å². The molecule has 0 saturated heterocycles. The van der Waals surface area contributed by atoms with Crippen molar-refractivity contribution >= 4 is 5.82 Å². The highest BCUT2D eigenvalue weighted by Gasteiger charge is 2.32. The fraction of sp³-hybridized carbons (Fsp3) is 0.692. The fourth-order valence-corrected chi connectivity index (χ4v) is 2.60. The van der Waals surface area contributed by atoms with Gasteiger partial charge < -0.3 is 4.90 Å². The number of nitrogens with zero attached hydrogens (tertiary/aromatic N) is 3. The van der Waals surface area contributed by atoms with Crippen molar-refractivity contribution in [3.05, 3.63) is 18.1 Å². The third-order valence-electron chi connectivity index (χ3n) is 3.86. The Morgan fingerprint density at radius 1 is 1.29 bits per heavy atom. The molecule has 0 amide bonds. The van der Waals surface area contributed by atoms with E-state index in [1.807, 2.05) is 18.0 Å². The molecule has 0 aliphatic heterocycles. The first-order chi connectivity index (χ1) is 8.25. The number of rotatable bonds is 3. The molecule has 3 nitrogen and oxygen atoms in total. The molecule has 2 atom stereocenters. The molecule has 2 fully saturated rings. The first-order valence-corrected chi connectivity index (χ1v) is 6.45. The van der Waals surface area contributed by atoms with Crippen molar-refractivity contribution in [3.63, 3.8) is 0 Å². The van der Waals surface area contributed by atoms with Crippen LogP contribution >= 0.6 is 0 Å². The van der Waals surface area contributed by atoms with Crippen molar-refractivity contribution in [3.8, 4) is 0 Å². The van der Waals surface area contributed by atoms with Gasteiger partial charge in [-0.05, 0) is 38.2 Å². The second-order valence-corrected chi connectivity index (χ2v) is 5.17. The van der Waals surface area contributed by atoms with E-state index < -0.39 is 6.17 Å². The van der Waals surface area contributed by atoms with Gasteiger partial charge in [0.1, 0.15) is 17.8 Å². The molecule has 0 N–H and O–H groups in total. The Labute approximate surface area is 101 Å². The smallest absolute Gasteiger partial charge is 0.133 e. The van der Waals surface area contributed by atoms with Gasteiger partial charge >= 0.3 is 0 Å². The van der Waals surface area contributed by atoms with Gasteiger partial charge in [0, 0.05) is 19.2 Å². The van der Waals surface area contributed by atoms with Crippen molar-refractivity contribution in [1.29, 1.82) is 0 Å². The number of hydrogen-bond acceptors (Lipinski definition) is 3. The summed E-state index contributed by atoms with van der Waals surface area (Å²) in [6.45, 7) is 0. The van der Waals surface area contributed by atoms with Crippen molar-refractivity contribution in [2.24, 2.45) is 0 Å². The Morgan fingerprint density at radius 2 is 2.12 bits per heavy atom. The molecule has 2 aliphatic rings. The van der Waals surface area contributed by atoms with E-state index in [1.54, 1.807) is 6.20 Å².